The fourth-order valence-electron chi connectivity index (χ4n) is 3.76. The Morgan fingerprint density at radius 1 is 1.17 bits per heavy atom. The molecule has 2 rings (SSSR count). The normalized spacial score (nSPS) is 25.7. The highest BCUT2D eigenvalue weighted by Crippen LogP contribution is 2.46. The molecule has 0 radical (unpaired) electrons. The lowest BCUT2D eigenvalue weighted by Crippen LogP contribution is -2.42. The predicted molar refractivity (Wildman–Crippen MR) is 75.7 cm³/mol. The van der Waals surface area contributed by atoms with E-state index in [-0.39, 0.29) is 12.6 Å². The average Bonchev–Trinajstić information content (AvgIpc) is 2.85. The summed E-state index contributed by atoms with van der Waals surface area (Å²) in [6, 6.07) is 0.289. The first-order valence-corrected chi connectivity index (χ1v) is 7.84. The summed E-state index contributed by atoms with van der Waals surface area (Å²) in [5.74, 6) is 0. The Labute approximate surface area is 112 Å². The van der Waals surface area contributed by atoms with Gasteiger partial charge in [-0.25, -0.2) is 0 Å². The Kier molecular flexibility index (Phi) is 5.46. The van der Waals surface area contributed by atoms with Crippen molar-refractivity contribution in [1.82, 2.24) is 10.2 Å². The molecule has 1 atom stereocenters. The maximum Gasteiger partial charge on any atom is 0.0585 e. The van der Waals surface area contributed by atoms with E-state index in [0.717, 1.165) is 24.9 Å². The first-order chi connectivity index (χ1) is 8.78. The Morgan fingerprint density at radius 2 is 1.83 bits per heavy atom. The van der Waals surface area contributed by atoms with E-state index in [1.165, 1.54) is 51.6 Å². The molecule has 2 fully saturated rings. The Hall–Kier alpha value is -0.120. The molecule has 0 aromatic carbocycles. The van der Waals surface area contributed by atoms with Crippen LogP contribution in [0, 0.1) is 5.41 Å². The predicted octanol–water partition coefficient (Wildman–Crippen LogP) is 2.00. The zero-order valence-electron chi connectivity index (χ0n) is 12.0. The third kappa shape index (κ3) is 3.69. The number of aliphatic hydroxyl groups is 1. The molecule has 3 heteroatoms. The van der Waals surface area contributed by atoms with Crippen LogP contribution in [0.3, 0.4) is 0 Å². The van der Waals surface area contributed by atoms with Gasteiger partial charge in [0.15, 0.2) is 0 Å². The molecule has 0 aromatic heterocycles. The van der Waals surface area contributed by atoms with E-state index in [2.05, 4.69) is 17.1 Å². The van der Waals surface area contributed by atoms with Crippen LogP contribution in [-0.2, 0) is 0 Å². The van der Waals surface area contributed by atoms with Crippen LogP contribution < -0.4 is 5.32 Å². The summed E-state index contributed by atoms with van der Waals surface area (Å²) in [6.07, 6.45) is 9.81. The number of aliphatic hydroxyl groups excluding tert-OH is 1. The van der Waals surface area contributed by atoms with Crippen LogP contribution in [0.5, 0.6) is 0 Å². The first-order valence-electron chi connectivity index (χ1n) is 7.84. The molecule has 1 unspecified atom stereocenters. The van der Waals surface area contributed by atoms with E-state index in [0.29, 0.717) is 0 Å². The van der Waals surface area contributed by atoms with Gasteiger partial charge in [0.25, 0.3) is 0 Å². The highest BCUT2D eigenvalue weighted by Gasteiger charge is 2.36. The van der Waals surface area contributed by atoms with Crippen molar-refractivity contribution in [3.05, 3.63) is 0 Å². The molecule has 2 aliphatic rings. The Bertz CT molecular complexity index is 229. The quantitative estimate of drug-likeness (QED) is 0.761. The van der Waals surface area contributed by atoms with Crippen LogP contribution in [0.1, 0.15) is 51.9 Å². The van der Waals surface area contributed by atoms with Crippen molar-refractivity contribution < 1.29 is 5.11 Å². The van der Waals surface area contributed by atoms with E-state index in [1.807, 2.05) is 0 Å². The zero-order valence-corrected chi connectivity index (χ0v) is 12.0. The minimum absolute atomic E-state index is 0.269. The summed E-state index contributed by atoms with van der Waals surface area (Å²) >= 11 is 0. The SMILES string of the molecule is CCNC(CO)CCN1CCC2(CCCC2)CC1. The standard InChI is InChI=1S/C15H30N2O/c1-2-16-14(13-18)5-10-17-11-8-15(9-12-17)6-3-4-7-15/h14,16,18H,2-13H2,1H3. The van der Waals surface area contributed by atoms with Gasteiger partial charge in [-0.3, -0.25) is 0 Å². The number of likely N-dealkylation sites (N-methyl/N-ethyl adjacent to an activating group) is 1. The van der Waals surface area contributed by atoms with Gasteiger partial charge >= 0.3 is 0 Å². The molecular weight excluding hydrogens is 224 g/mol. The minimum atomic E-state index is 0.269. The molecule has 0 aromatic rings. The number of piperidine rings is 1. The van der Waals surface area contributed by atoms with E-state index < -0.39 is 0 Å². The molecule has 2 N–H and O–H groups in total. The van der Waals surface area contributed by atoms with Crippen molar-refractivity contribution in [3.63, 3.8) is 0 Å². The summed E-state index contributed by atoms with van der Waals surface area (Å²) in [5, 5.41) is 12.6. The molecular formula is C15H30N2O. The number of hydrogen-bond acceptors (Lipinski definition) is 3. The molecule has 3 nitrogen and oxygen atoms in total. The van der Waals surface area contributed by atoms with E-state index in [4.69, 9.17) is 0 Å². The van der Waals surface area contributed by atoms with Gasteiger partial charge in [-0.2, -0.15) is 0 Å². The molecule has 1 aliphatic heterocycles. The molecule has 106 valence electrons. The van der Waals surface area contributed by atoms with Gasteiger partial charge in [-0.1, -0.05) is 19.8 Å². The number of nitrogens with one attached hydrogen (secondary N) is 1. The fraction of sp³-hybridized carbons (Fsp3) is 1.00. The topological polar surface area (TPSA) is 35.5 Å². The third-order valence-electron chi connectivity index (χ3n) is 5.09. The smallest absolute Gasteiger partial charge is 0.0585 e. The molecule has 0 bridgehead atoms. The molecule has 0 amide bonds. The summed E-state index contributed by atoms with van der Waals surface area (Å²) in [7, 11) is 0. The van der Waals surface area contributed by atoms with Gasteiger partial charge in [-0.05, 0) is 63.7 Å². The van der Waals surface area contributed by atoms with Gasteiger partial charge in [0.2, 0.25) is 0 Å². The number of nitrogens with zero attached hydrogens (tertiary/aromatic N) is 1. The van der Waals surface area contributed by atoms with Crippen molar-refractivity contribution in [2.45, 2.75) is 57.9 Å². The van der Waals surface area contributed by atoms with Crippen molar-refractivity contribution in [2.75, 3.05) is 32.8 Å². The lowest BCUT2D eigenvalue weighted by atomic mass is 9.77. The van der Waals surface area contributed by atoms with Crippen molar-refractivity contribution >= 4 is 0 Å². The number of likely N-dealkylation sites (tertiary alicyclic amines) is 1. The molecule has 1 heterocycles. The van der Waals surface area contributed by atoms with Gasteiger partial charge < -0.3 is 15.3 Å². The van der Waals surface area contributed by atoms with Crippen LogP contribution >= 0.6 is 0 Å². The first kappa shape index (κ1) is 14.3. The van der Waals surface area contributed by atoms with Crippen molar-refractivity contribution in [2.24, 2.45) is 5.41 Å². The van der Waals surface area contributed by atoms with Gasteiger partial charge in [-0.15, -0.1) is 0 Å². The highest BCUT2D eigenvalue weighted by atomic mass is 16.3. The van der Waals surface area contributed by atoms with Gasteiger partial charge in [0, 0.05) is 6.04 Å². The summed E-state index contributed by atoms with van der Waals surface area (Å²) in [4.78, 5) is 2.60. The van der Waals surface area contributed by atoms with Crippen LogP contribution in [0.15, 0.2) is 0 Å². The van der Waals surface area contributed by atoms with Crippen molar-refractivity contribution in [1.29, 1.82) is 0 Å². The third-order valence-corrected chi connectivity index (χ3v) is 5.09. The monoisotopic (exact) mass is 254 g/mol. The zero-order chi connectivity index (χ0) is 12.8. The summed E-state index contributed by atoms with van der Waals surface area (Å²) in [6.45, 7) is 7.04. The lowest BCUT2D eigenvalue weighted by molar-refractivity contribution is 0.102. The fourth-order valence-corrected chi connectivity index (χ4v) is 3.76. The average molecular weight is 254 g/mol. The molecule has 1 aliphatic carbocycles. The van der Waals surface area contributed by atoms with Crippen molar-refractivity contribution in [3.8, 4) is 0 Å². The second-order valence-electron chi connectivity index (χ2n) is 6.27. The van der Waals surface area contributed by atoms with E-state index >= 15 is 0 Å². The van der Waals surface area contributed by atoms with Gasteiger partial charge in [0.1, 0.15) is 0 Å². The van der Waals surface area contributed by atoms with Crippen LogP contribution in [0.4, 0.5) is 0 Å². The van der Waals surface area contributed by atoms with E-state index in [9.17, 15) is 5.11 Å². The molecule has 1 saturated heterocycles. The Balaban J connectivity index is 1.66. The van der Waals surface area contributed by atoms with Crippen LogP contribution in [-0.4, -0.2) is 48.8 Å². The molecule has 18 heavy (non-hydrogen) atoms. The number of hydrogen-bond donors (Lipinski definition) is 2. The maximum atomic E-state index is 9.27. The van der Waals surface area contributed by atoms with Gasteiger partial charge in [0.05, 0.1) is 6.61 Å². The highest BCUT2D eigenvalue weighted by molar-refractivity contribution is 4.89. The Morgan fingerprint density at radius 3 is 2.39 bits per heavy atom. The largest absolute Gasteiger partial charge is 0.395 e. The maximum absolute atomic E-state index is 9.27. The number of rotatable bonds is 6. The minimum Gasteiger partial charge on any atom is -0.395 e. The summed E-state index contributed by atoms with van der Waals surface area (Å²) < 4.78 is 0. The van der Waals surface area contributed by atoms with E-state index in [1.54, 1.807) is 0 Å². The van der Waals surface area contributed by atoms with Crippen LogP contribution in [0.2, 0.25) is 0 Å². The van der Waals surface area contributed by atoms with Crippen LogP contribution in [0.25, 0.3) is 0 Å². The lowest BCUT2D eigenvalue weighted by Gasteiger charge is -2.39. The second-order valence-corrected chi connectivity index (χ2v) is 6.27. The molecule has 1 spiro atoms. The second kappa shape index (κ2) is 6.88. The summed E-state index contributed by atoms with van der Waals surface area (Å²) in [5.41, 5.74) is 0.731. The molecule has 1 saturated carbocycles.